The minimum Gasteiger partial charge on any atom is -0.360 e. The zero-order valence-corrected chi connectivity index (χ0v) is 17.2. The number of hydrogen-bond acceptors (Lipinski definition) is 4. The fourth-order valence-electron chi connectivity index (χ4n) is 2.44. The van der Waals surface area contributed by atoms with Crippen LogP contribution < -0.4 is 10.6 Å². The third kappa shape index (κ3) is 4.25. The summed E-state index contributed by atoms with van der Waals surface area (Å²) in [5.41, 5.74) is 0.862. The second-order valence-corrected chi connectivity index (χ2v) is 7.22. The van der Waals surface area contributed by atoms with Crippen LogP contribution in [-0.4, -0.2) is 17.1 Å². The highest BCUT2D eigenvalue weighted by Crippen LogP contribution is 2.36. The fourth-order valence-corrected chi connectivity index (χ4v) is 3.31. The number of rotatable bonds is 3. The number of urea groups is 1. The average molecular weight is 459 g/mol. The molecule has 0 unspecified atom stereocenters. The molecule has 2 N–H and O–H groups in total. The van der Waals surface area contributed by atoms with Crippen molar-refractivity contribution in [1.29, 1.82) is 0 Å². The van der Waals surface area contributed by atoms with E-state index in [1.165, 1.54) is 25.1 Å². The first-order chi connectivity index (χ1) is 13.3. The molecule has 6 nitrogen and oxygen atoms in total. The van der Waals surface area contributed by atoms with Gasteiger partial charge in [-0.1, -0.05) is 57.6 Å². The summed E-state index contributed by atoms with van der Waals surface area (Å²) in [6.07, 6.45) is 0. The van der Waals surface area contributed by atoms with Crippen LogP contribution >= 0.6 is 46.4 Å². The molecule has 28 heavy (non-hydrogen) atoms. The van der Waals surface area contributed by atoms with Gasteiger partial charge in [0.25, 0.3) is 5.91 Å². The van der Waals surface area contributed by atoms with Crippen LogP contribution in [0, 0.1) is 6.92 Å². The van der Waals surface area contributed by atoms with Crippen LogP contribution in [0.1, 0.15) is 16.1 Å². The number of hydrogen-bond donors (Lipinski definition) is 2. The quantitative estimate of drug-likeness (QED) is 0.487. The van der Waals surface area contributed by atoms with Crippen molar-refractivity contribution in [2.45, 2.75) is 6.92 Å². The highest BCUT2D eigenvalue weighted by molar-refractivity contribution is 6.42. The number of carbonyl (C=O) groups is 2. The van der Waals surface area contributed by atoms with Gasteiger partial charge in [-0.15, -0.1) is 0 Å². The molecule has 0 bridgehead atoms. The largest absolute Gasteiger partial charge is 0.360 e. The van der Waals surface area contributed by atoms with Gasteiger partial charge in [0.1, 0.15) is 17.0 Å². The maximum atomic E-state index is 12.7. The molecule has 3 aromatic rings. The number of imide groups is 1. The maximum absolute atomic E-state index is 12.7. The molecular weight excluding hydrogens is 448 g/mol. The zero-order chi connectivity index (χ0) is 20.4. The molecule has 0 aliphatic rings. The van der Waals surface area contributed by atoms with Crippen LogP contribution in [0.25, 0.3) is 11.3 Å². The summed E-state index contributed by atoms with van der Waals surface area (Å²) in [5.74, 6) is -0.534. The van der Waals surface area contributed by atoms with Gasteiger partial charge in [-0.3, -0.25) is 10.1 Å². The molecule has 2 aromatic carbocycles. The smallest absolute Gasteiger partial charge is 0.326 e. The zero-order valence-electron chi connectivity index (χ0n) is 14.1. The van der Waals surface area contributed by atoms with Crippen molar-refractivity contribution in [3.63, 3.8) is 0 Å². The molecule has 0 atom stereocenters. The third-order valence-electron chi connectivity index (χ3n) is 3.69. The maximum Gasteiger partial charge on any atom is 0.326 e. The van der Waals surface area contributed by atoms with Gasteiger partial charge in [-0.05, 0) is 37.3 Å². The van der Waals surface area contributed by atoms with E-state index in [1.54, 1.807) is 18.2 Å². The summed E-state index contributed by atoms with van der Waals surface area (Å²) in [6.45, 7) is 1.53. The van der Waals surface area contributed by atoms with Crippen LogP contribution in [-0.2, 0) is 0 Å². The lowest BCUT2D eigenvalue weighted by atomic mass is 10.1. The monoisotopic (exact) mass is 457 g/mol. The number of nitrogens with zero attached hydrogens (tertiary/aromatic N) is 1. The van der Waals surface area contributed by atoms with E-state index in [0.717, 1.165) is 0 Å². The normalized spacial score (nSPS) is 10.6. The van der Waals surface area contributed by atoms with Crippen molar-refractivity contribution in [2.24, 2.45) is 0 Å². The van der Waals surface area contributed by atoms with Crippen LogP contribution in [0.5, 0.6) is 0 Å². The van der Waals surface area contributed by atoms with Crippen molar-refractivity contribution >= 4 is 64.0 Å². The van der Waals surface area contributed by atoms with Gasteiger partial charge < -0.3 is 9.84 Å². The van der Waals surface area contributed by atoms with E-state index in [-0.39, 0.29) is 32.1 Å². The Kier molecular flexibility index (Phi) is 6.15. The average Bonchev–Trinajstić information content (AvgIpc) is 2.99. The number of carbonyl (C=O) groups excluding carboxylic acids is 2. The standard InChI is InChI=1S/C18H11Cl4N3O3/c1-8-14(16(25-28-8)15-11(20)3-2-4-12(15)21)17(26)24-18(27)23-9-5-6-10(19)13(22)7-9/h2-7H,1H3,(H2,23,24,26,27). The molecule has 0 fully saturated rings. The molecule has 0 aliphatic heterocycles. The van der Waals surface area contributed by atoms with Crippen LogP contribution in [0.4, 0.5) is 10.5 Å². The molecular formula is C18H11Cl4N3O3. The van der Waals surface area contributed by atoms with Crippen molar-refractivity contribution in [2.75, 3.05) is 5.32 Å². The van der Waals surface area contributed by atoms with E-state index in [1.807, 2.05) is 0 Å². The van der Waals surface area contributed by atoms with E-state index < -0.39 is 11.9 Å². The van der Waals surface area contributed by atoms with Gasteiger partial charge in [0.2, 0.25) is 0 Å². The fraction of sp³-hybridized carbons (Fsp3) is 0.0556. The van der Waals surface area contributed by atoms with E-state index in [0.29, 0.717) is 16.3 Å². The molecule has 144 valence electrons. The third-order valence-corrected chi connectivity index (χ3v) is 5.06. The Labute approximate surface area is 179 Å². The summed E-state index contributed by atoms with van der Waals surface area (Å²) in [7, 11) is 0. The lowest BCUT2D eigenvalue weighted by Gasteiger charge is -2.09. The SMILES string of the molecule is Cc1onc(-c2c(Cl)cccc2Cl)c1C(=O)NC(=O)Nc1ccc(Cl)c(Cl)c1. The van der Waals surface area contributed by atoms with Crippen LogP contribution in [0.2, 0.25) is 20.1 Å². The van der Waals surface area contributed by atoms with Crippen molar-refractivity contribution in [3.05, 3.63) is 67.8 Å². The van der Waals surface area contributed by atoms with E-state index in [9.17, 15) is 9.59 Å². The lowest BCUT2D eigenvalue weighted by molar-refractivity contribution is 0.0966. The van der Waals surface area contributed by atoms with E-state index >= 15 is 0 Å². The molecule has 0 saturated heterocycles. The molecule has 0 saturated carbocycles. The number of aryl methyl sites for hydroxylation is 1. The van der Waals surface area contributed by atoms with Crippen LogP contribution in [0.3, 0.4) is 0 Å². The predicted molar refractivity (Wildman–Crippen MR) is 110 cm³/mol. The molecule has 3 amide bonds. The van der Waals surface area contributed by atoms with E-state index in [4.69, 9.17) is 50.9 Å². The second kappa shape index (κ2) is 8.41. The number of nitrogens with one attached hydrogen (secondary N) is 2. The molecule has 0 aliphatic carbocycles. The number of aromatic nitrogens is 1. The van der Waals surface area contributed by atoms with Crippen molar-refractivity contribution < 1.29 is 14.1 Å². The van der Waals surface area contributed by atoms with Gasteiger partial charge in [0.15, 0.2) is 0 Å². The summed E-state index contributed by atoms with van der Waals surface area (Å²) in [4.78, 5) is 24.8. The van der Waals surface area contributed by atoms with E-state index in [2.05, 4.69) is 15.8 Å². The Morgan fingerprint density at radius 2 is 1.64 bits per heavy atom. The van der Waals surface area contributed by atoms with Gasteiger partial charge in [0.05, 0.1) is 20.1 Å². The lowest BCUT2D eigenvalue weighted by Crippen LogP contribution is -2.34. The number of amides is 3. The first-order valence-corrected chi connectivity index (χ1v) is 9.27. The molecule has 1 heterocycles. The van der Waals surface area contributed by atoms with Gasteiger partial charge in [-0.25, -0.2) is 4.79 Å². The van der Waals surface area contributed by atoms with Gasteiger partial charge in [0, 0.05) is 11.3 Å². The molecule has 0 radical (unpaired) electrons. The summed E-state index contributed by atoms with van der Waals surface area (Å²) < 4.78 is 5.12. The first kappa shape index (κ1) is 20.5. The Hall–Kier alpha value is -2.25. The molecule has 10 heteroatoms. The summed E-state index contributed by atoms with van der Waals surface area (Å²) in [5, 5.41) is 9.74. The Balaban J connectivity index is 1.84. The number of anilines is 1. The Bertz CT molecular complexity index is 1060. The highest BCUT2D eigenvalue weighted by Gasteiger charge is 2.26. The minimum atomic E-state index is -0.778. The van der Waals surface area contributed by atoms with Crippen molar-refractivity contribution in [3.8, 4) is 11.3 Å². The molecule has 0 spiro atoms. The van der Waals surface area contributed by atoms with Crippen molar-refractivity contribution in [1.82, 2.24) is 10.5 Å². The molecule has 1 aromatic heterocycles. The number of halogens is 4. The van der Waals surface area contributed by atoms with Gasteiger partial charge in [-0.2, -0.15) is 0 Å². The topological polar surface area (TPSA) is 84.2 Å². The molecule has 3 rings (SSSR count). The summed E-state index contributed by atoms with van der Waals surface area (Å²) >= 11 is 24.1. The number of benzene rings is 2. The highest BCUT2D eigenvalue weighted by atomic mass is 35.5. The predicted octanol–water partition coefficient (Wildman–Crippen LogP) is 6.23. The Morgan fingerprint density at radius 1 is 0.964 bits per heavy atom. The van der Waals surface area contributed by atoms with Gasteiger partial charge >= 0.3 is 6.03 Å². The van der Waals surface area contributed by atoms with Crippen LogP contribution in [0.15, 0.2) is 40.9 Å². The first-order valence-electron chi connectivity index (χ1n) is 7.76. The Morgan fingerprint density at radius 3 is 2.29 bits per heavy atom. The summed E-state index contributed by atoms with van der Waals surface area (Å²) in [6, 6.07) is 8.59. The minimum absolute atomic E-state index is 0.0410. The second-order valence-electron chi connectivity index (χ2n) is 5.60.